The number of fused-ring (bicyclic) bond motifs is 1. The van der Waals surface area contributed by atoms with Crippen LogP contribution in [0.5, 0.6) is 0 Å². The number of anilines is 2. The number of hydrogen-bond acceptors (Lipinski definition) is 9. The molecule has 2 fully saturated rings. The molecule has 5 rings (SSSR count). The van der Waals surface area contributed by atoms with E-state index in [-0.39, 0.29) is 17.6 Å². The SMILES string of the molecule is COC1(CNc2nc(C)c(-c3nc4c(C)nccc4s3)c(N[C@H]3CC[C@@H](C(C)(C)O)C3)n2)CC1. The summed E-state index contributed by atoms with van der Waals surface area (Å²) in [7, 11) is 1.76. The van der Waals surface area contributed by atoms with Gasteiger partial charge in [0.1, 0.15) is 16.3 Å². The highest BCUT2D eigenvalue weighted by molar-refractivity contribution is 7.21. The molecule has 0 unspecified atom stereocenters. The second-order valence-electron chi connectivity index (χ2n) is 10.4. The molecular weight excluding hydrogens is 448 g/mol. The van der Waals surface area contributed by atoms with E-state index in [9.17, 15) is 5.11 Å². The quantitative estimate of drug-likeness (QED) is 0.424. The van der Waals surface area contributed by atoms with Gasteiger partial charge in [-0.2, -0.15) is 4.98 Å². The summed E-state index contributed by atoms with van der Waals surface area (Å²) in [5, 5.41) is 18.5. The second-order valence-corrected chi connectivity index (χ2v) is 11.4. The van der Waals surface area contributed by atoms with Gasteiger partial charge in [0.05, 0.1) is 32.9 Å². The van der Waals surface area contributed by atoms with Crippen molar-refractivity contribution in [2.24, 2.45) is 5.92 Å². The Morgan fingerprint density at radius 3 is 2.62 bits per heavy atom. The van der Waals surface area contributed by atoms with Gasteiger partial charge in [-0.15, -0.1) is 11.3 Å². The van der Waals surface area contributed by atoms with Crippen molar-refractivity contribution in [1.29, 1.82) is 0 Å². The molecule has 3 aromatic heterocycles. The molecule has 0 radical (unpaired) electrons. The third kappa shape index (κ3) is 4.61. The van der Waals surface area contributed by atoms with Gasteiger partial charge in [0.2, 0.25) is 5.95 Å². The van der Waals surface area contributed by atoms with Crippen LogP contribution < -0.4 is 10.6 Å². The summed E-state index contributed by atoms with van der Waals surface area (Å²) in [6.45, 7) is 8.51. The number of aromatic nitrogens is 4. The Morgan fingerprint density at radius 1 is 1.18 bits per heavy atom. The summed E-state index contributed by atoms with van der Waals surface area (Å²) in [5.74, 6) is 1.66. The van der Waals surface area contributed by atoms with Crippen LogP contribution in [0.25, 0.3) is 20.8 Å². The van der Waals surface area contributed by atoms with E-state index >= 15 is 0 Å². The van der Waals surface area contributed by atoms with Crippen LogP contribution in [-0.4, -0.2) is 55.9 Å². The molecule has 2 aliphatic carbocycles. The monoisotopic (exact) mass is 482 g/mol. The minimum absolute atomic E-state index is 0.0908. The summed E-state index contributed by atoms with van der Waals surface area (Å²) in [4.78, 5) is 19.0. The topological polar surface area (TPSA) is 105 Å². The predicted octanol–water partition coefficient (Wildman–Crippen LogP) is 4.71. The molecule has 3 heterocycles. The number of methoxy groups -OCH3 is 1. The van der Waals surface area contributed by atoms with E-state index in [1.807, 2.05) is 40.0 Å². The smallest absolute Gasteiger partial charge is 0.225 e. The van der Waals surface area contributed by atoms with E-state index < -0.39 is 5.60 Å². The molecule has 2 aliphatic rings. The van der Waals surface area contributed by atoms with E-state index in [1.165, 1.54) is 0 Å². The van der Waals surface area contributed by atoms with Crippen LogP contribution in [0.2, 0.25) is 0 Å². The number of pyridine rings is 1. The highest BCUT2D eigenvalue weighted by atomic mass is 32.1. The van der Waals surface area contributed by atoms with Crippen LogP contribution >= 0.6 is 11.3 Å². The first-order valence-electron chi connectivity index (χ1n) is 12.1. The zero-order valence-corrected chi connectivity index (χ0v) is 21.4. The number of aliphatic hydroxyl groups is 1. The van der Waals surface area contributed by atoms with E-state index in [0.717, 1.165) is 70.1 Å². The van der Waals surface area contributed by atoms with Gasteiger partial charge >= 0.3 is 0 Å². The second kappa shape index (κ2) is 8.70. The summed E-state index contributed by atoms with van der Waals surface area (Å²) in [5.41, 5.74) is 2.89. The molecule has 2 atom stereocenters. The molecule has 34 heavy (non-hydrogen) atoms. The van der Waals surface area contributed by atoms with Crippen LogP contribution in [-0.2, 0) is 4.74 Å². The lowest BCUT2D eigenvalue weighted by molar-refractivity contribution is 0.0197. The highest BCUT2D eigenvalue weighted by Gasteiger charge is 2.43. The maximum Gasteiger partial charge on any atom is 0.225 e. The number of nitrogens with one attached hydrogen (secondary N) is 2. The first-order chi connectivity index (χ1) is 16.2. The van der Waals surface area contributed by atoms with Gasteiger partial charge in [-0.3, -0.25) is 4.98 Å². The Kier molecular flexibility index (Phi) is 5.98. The number of rotatable bonds is 8. The number of hydrogen-bond donors (Lipinski definition) is 3. The number of nitrogens with zero attached hydrogens (tertiary/aromatic N) is 4. The molecule has 0 bridgehead atoms. The first kappa shape index (κ1) is 23.4. The fourth-order valence-electron chi connectivity index (χ4n) is 4.88. The number of thiazole rings is 1. The van der Waals surface area contributed by atoms with E-state index in [2.05, 4.69) is 15.6 Å². The molecule has 0 saturated heterocycles. The van der Waals surface area contributed by atoms with E-state index in [4.69, 9.17) is 19.7 Å². The lowest BCUT2D eigenvalue weighted by Crippen LogP contribution is -2.30. The Labute approximate surface area is 204 Å². The molecule has 3 N–H and O–H groups in total. The Hall–Kier alpha value is -2.36. The Morgan fingerprint density at radius 2 is 1.97 bits per heavy atom. The highest BCUT2D eigenvalue weighted by Crippen LogP contribution is 2.41. The molecule has 3 aromatic rings. The van der Waals surface area contributed by atoms with Crippen molar-refractivity contribution in [3.05, 3.63) is 23.7 Å². The van der Waals surface area contributed by atoms with Crippen molar-refractivity contribution in [1.82, 2.24) is 19.9 Å². The molecular formula is C25H34N6O2S. The van der Waals surface area contributed by atoms with Crippen LogP contribution in [0.1, 0.15) is 57.3 Å². The van der Waals surface area contributed by atoms with Crippen LogP contribution in [0.4, 0.5) is 11.8 Å². The van der Waals surface area contributed by atoms with Crippen molar-refractivity contribution in [3.63, 3.8) is 0 Å². The normalized spacial score (nSPS) is 21.7. The molecule has 182 valence electrons. The molecule has 8 nitrogen and oxygen atoms in total. The standard InChI is InChI=1S/C25H34N6O2S/c1-14-19(22-30-20-15(2)26-11-8-18(20)34-22)21(29-17-7-6-16(12-17)24(3,4)32)31-23(28-14)27-13-25(33-5)9-10-25/h8,11,16-17,32H,6-7,9-10,12-13H2,1-5H3,(H2,27,28,29,31)/t16-,17+/m1/s1. The fraction of sp³-hybridized carbons (Fsp3) is 0.600. The summed E-state index contributed by atoms with van der Waals surface area (Å²) in [6, 6.07) is 2.25. The van der Waals surface area contributed by atoms with Crippen molar-refractivity contribution in [3.8, 4) is 10.6 Å². The minimum atomic E-state index is -0.677. The van der Waals surface area contributed by atoms with Gasteiger partial charge in [0.25, 0.3) is 0 Å². The molecule has 0 aliphatic heterocycles. The van der Waals surface area contributed by atoms with E-state index in [0.29, 0.717) is 12.5 Å². The summed E-state index contributed by atoms with van der Waals surface area (Å²) >= 11 is 1.64. The van der Waals surface area contributed by atoms with Gasteiger partial charge in [0, 0.05) is 25.9 Å². The molecule has 0 spiro atoms. The minimum Gasteiger partial charge on any atom is -0.390 e. The Bertz CT molecular complexity index is 1200. The summed E-state index contributed by atoms with van der Waals surface area (Å²) in [6.07, 6.45) is 6.83. The zero-order chi connectivity index (χ0) is 24.1. The first-order valence-corrected chi connectivity index (χ1v) is 12.9. The maximum atomic E-state index is 10.5. The molecule has 2 saturated carbocycles. The van der Waals surface area contributed by atoms with Crippen LogP contribution in [0, 0.1) is 19.8 Å². The van der Waals surface area contributed by atoms with Crippen LogP contribution in [0.3, 0.4) is 0 Å². The van der Waals surface area contributed by atoms with Gasteiger partial charge in [-0.05, 0) is 71.8 Å². The molecule has 9 heteroatoms. The van der Waals surface area contributed by atoms with Crippen molar-refractivity contribution < 1.29 is 9.84 Å². The largest absolute Gasteiger partial charge is 0.390 e. The lowest BCUT2D eigenvalue weighted by atomic mass is 9.89. The third-order valence-electron chi connectivity index (χ3n) is 7.38. The van der Waals surface area contributed by atoms with Crippen molar-refractivity contribution in [2.75, 3.05) is 24.3 Å². The number of ether oxygens (including phenoxy) is 1. The lowest BCUT2D eigenvalue weighted by Gasteiger charge is -2.25. The van der Waals surface area contributed by atoms with Gasteiger partial charge in [-0.25, -0.2) is 9.97 Å². The third-order valence-corrected chi connectivity index (χ3v) is 8.41. The van der Waals surface area contributed by atoms with E-state index in [1.54, 1.807) is 18.4 Å². The average Bonchev–Trinajstić information content (AvgIpc) is 3.17. The predicted molar refractivity (Wildman–Crippen MR) is 136 cm³/mol. The Balaban J connectivity index is 1.49. The molecule has 0 aromatic carbocycles. The summed E-state index contributed by atoms with van der Waals surface area (Å²) < 4.78 is 6.75. The van der Waals surface area contributed by atoms with Crippen LogP contribution in [0.15, 0.2) is 12.3 Å². The average molecular weight is 483 g/mol. The molecule has 0 amide bonds. The van der Waals surface area contributed by atoms with Crippen molar-refractivity contribution >= 4 is 33.3 Å². The maximum absolute atomic E-state index is 10.5. The number of aryl methyl sites for hydroxylation is 2. The van der Waals surface area contributed by atoms with Gasteiger partial charge in [-0.1, -0.05) is 0 Å². The zero-order valence-electron chi connectivity index (χ0n) is 20.6. The fourth-order valence-corrected chi connectivity index (χ4v) is 5.99. The van der Waals surface area contributed by atoms with Gasteiger partial charge < -0.3 is 20.5 Å². The van der Waals surface area contributed by atoms with Gasteiger partial charge in [0.15, 0.2) is 0 Å². The van der Waals surface area contributed by atoms with Crippen molar-refractivity contribution in [2.45, 2.75) is 77.0 Å².